The predicted molar refractivity (Wildman–Crippen MR) is 74.4 cm³/mol. The first kappa shape index (κ1) is 13.2. The van der Waals surface area contributed by atoms with Crippen molar-refractivity contribution in [2.45, 2.75) is 19.3 Å². The van der Waals surface area contributed by atoms with Crippen molar-refractivity contribution in [2.24, 2.45) is 11.1 Å². The highest BCUT2D eigenvalue weighted by Gasteiger charge is 2.33. The summed E-state index contributed by atoms with van der Waals surface area (Å²) in [6, 6.07) is 9.94. The summed E-state index contributed by atoms with van der Waals surface area (Å²) in [6.45, 7) is 2.17. The van der Waals surface area contributed by atoms with Crippen LogP contribution in [0.1, 0.15) is 18.7 Å². The molecular weight excluding hydrogens is 254 g/mol. The molecule has 0 unspecified atom stereocenters. The molecule has 0 saturated carbocycles. The molecule has 106 valence electrons. The van der Waals surface area contributed by atoms with Crippen molar-refractivity contribution in [3.63, 3.8) is 0 Å². The lowest BCUT2D eigenvalue weighted by molar-refractivity contribution is 0.0179. The maximum Gasteiger partial charge on any atom is 0.157 e. The molecule has 20 heavy (non-hydrogen) atoms. The Kier molecular flexibility index (Phi) is 3.75. The lowest BCUT2D eigenvalue weighted by atomic mass is 9.77. The molecule has 2 N–H and O–H groups in total. The Labute approximate surface area is 117 Å². The van der Waals surface area contributed by atoms with E-state index in [0.717, 1.165) is 44.0 Å². The van der Waals surface area contributed by atoms with E-state index in [0.29, 0.717) is 6.54 Å². The number of tetrazole rings is 1. The Bertz CT molecular complexity index is 548. The molecule has 0 aliphatic carbocycles. The summed E-state index contributed by atoms with van der Waals surface area (Å²) in [4.78, 5) is 0. The van der Waals surface area contributed by atoms with Crippen molar-refractivity contribution in [2.75, 3.05) is 19.8 Å². The normalized spacial score (nSPS) is 18.1. The van der Waals surface area contributed by atoms with Crippen LogP contribution in [0.3, 0.4) is 0 Å². The third kappa shape index (κ3) is 2.57. The van der Waals surface area contributed by atoms with Crippen LogP contribution < -0.4 is 5.73 Å². The maximum absolute atomic E-state index is 6.01. The molecular formula is C14H19N5O. The average molecular weight is 273 g/mol. The SMILES string of the molecule is NCC1(Cc2nnnn2-c2ccccc2)CCOCC1. The Morgan fingerprint density at radius 3 is 2.65 bits per heavy atom. The standard InChI is InChI=1S/C14H19N5O/c15-11-14(6-8-20-9-7-14)10-13-16-17-18-19(13)12-4-2-1-3-5-12/h1-5H,6-11,15H2. The van der Waals surface area contributed by atoms with Crippen LogP contribution in [-0.4, -0.2) is 40.0 Å². The van der Waals surface area contributed by atoms with Gasteiger partial charge < -0.3 is 10.5 Å². The van der Waals surface area contributed by atoms with Gasteiger partial charge in [0.05, 0.1) is 5.69 Å². The Morgan fingerprint density at radius 2 is 1.95 bits per heavy atom. The van der Waals surface area contributed by atoms with E-state index in [4.69, 9.17) is 10.5 Å². The molecule has 1 aliphatic heterocycles. The summed E-state index contributed by atoms with van der Waals surface area (Å²) in [6.07, 6.45) is 2.71. The van der Waals surface area contributed by atoms with E-state index < -0.39 is 0 Å². The van der Waals surface area contributed by atoms with Crippen LogP contribution in [0.2, 0.25) is 0 Å². The molecule has 1 aromatic carbocycles. The van der Waals surface area contributed by atoms with Crippen LogP contribution >= 0.6 is 0 Å². The molecule has 0 bridgehead atoms. The number of hydrogen-bond donors (Lipinski definition) is 1. The van der Waals surface area contributed by atoms with Gasteiger partial charge in [0.2, 0.25) is 0 Å². The van der Waals surface area contributed by atoms with Gasteiger partial charge in [-0.25, -0.2) is 0 Å². The molecule has 1 aromatic heterocycles. The van der Waals surface area contributed by atoms with E-state index in [2.05, 4.69) is 15.5 Å². The van der Waals surface area contributed by atoms with Gasteiger partial charge in [0.1, 0.15) is 0 Å². The summed E-state index contributed by atoms with van der Waals surface area (Å²) < 4.78 is 7.25. The molecule has 2 heterocycles. The van der Waals surface area contributed by atoms with Crippen LogP contribution in [0.5, 0.6) is 0 Å². The van der Waals surface area contributed by atoms with Gasteiger partial charge >= 0.3 is 0 Å². The van der Waals surface area contributed by atoms with Gasteiger partial charge in [-0.2, -0.15) is 4.68 Å². The summed E-state index contributed by atoms with van der Waals surface area (Å²) in [5.41, 5.74) is 7.04. The summed E-state index contributed by atoms with van der Waals surface area (Å²) >= 11 is 0. The first-order valence-electron chi connectivity index (χ1n) is 6.93. The lowest BCUT2D eigenvalue weighted by Gasteiger charge is -2.35. The van der Waals surface area contributed by atoms with Gasteiger partial charge in [-0.1, -0.05) is 18.2 Å². The second-order valence-electron chi connectivity index (χ2n) is 5.34. The van der Waals surface area contributed by atoms with Crippen molar-refractivity contribution in [1.82, 2.24) is 20.2 Å². The topological polar surface area (TPSA) is 78.9 Å². The minimum Gasteiger partial charge on any atom is -0.381 e. The number of nitrogens with two attached hydrogens (primary N) is 1. The minimum atomic E-state index is 0.0551. The fourth-order valence-corrected chi connectivity index (χ4v) is 2.68. The molecule has 1 saturated heterocycles. The van der Waals surface area contributed by atoms with Crippen molar-refractivity contribution >= 4 is 0 Å². The van der Waals surface area contributed by atoms with E-state index in [1.54, 1.807) is 4.68 Å². The highest BCUT2D eigenvalue weighted by molar-refractivity contribution is 5.30. The molecule has 6 nitrogen and oxygen atoms in total. The van der Waals surface area contributed by atoms with E-state index >= 15 is 0 Å². The number of aromatic nitrogens is 4. The number of benzene rings is 1. The zero-order chi connectivity index (χ0) is 13.8. The predicted octanol–water partition coefficient (Wildman–Crippen LogP) is 0.960. The van der Waals surface area contributed by atoms with Gasteiger partial charge in [0.15, 0.2) is 5.82 Å². The smallest absolute Gasteiger partial charge is 0.157 e. The highest BCUT2D eigenvalue weighted by atomic mass is 16.5. The zero-order valence-corrected chi connectivity index (χ0v) is 11.4. The Balaban J connectivity index is 1.86. The van der Waals surface area contributed by atoms with Crippen molar-refractivity contribution in [3.8, 4) is 5.69 Å². The van der Waals surface area contributed by atoms with Crippen LogP contribution in [0.15, 0.2) is 30.3 Å². The molecule has 3 rings (SSSR count). The largest absolute Gasteiger partial charge is 0.381 e. The number of hydrogen-bond acceptors (Lipinski definition) is 5. The summed E-state index contributed by atoms with van der Waals surface area (Å²) in [7, 11) is 0. The zero-order valence-electron chi connectivity index (χ0n) is 11.4. The molecule has 1 fully saturated rings. The molecule has 0 amide bonds. The third-order valence-electron chi connectivity index (χ3n) is 4.05. The summed E-state index contributed by atoms with van der Waals surface area (Å²) in [5.74, 6) is 0.864. The Hall–Kier alpha value is -1.79. The van der Waals surface area contributed by atoms with Gasteiger partial charge in [-0.15, -0.1) is 5.10 Å². The molecule has 0 radical (unpaired) electrons. The molecule has 2 aromatic rings. The van der Waals surface area contributed by atoms with Gasteiger partial charge in [-0.05, 0) is 47.4 Å². The van der Waals surface area contributed by atoms with E-state index in [1.165, 1.54) is 0 Å². The quantitative estimate of drug-likeness (QED) is 0.897. The first-order chi connectivity index (χ1) is 9.83. The highest BCUT2D eigenvalue weighted by Crippen LogP contribution is 2.32. The van der Waals surface area contributed by atoms with Gasteiger partial charge in [-0.3, -0.25) is 0 Å². The van der Waals surface area contributed by atoms with Crippen molar-refractivity contribution in [1.29, 1.82) is 0 Å². The van der Waals surface area contributed by atoms with Crippen LogP contribution in [0.4, 0.5) is 0 Å². The van der Waals surface area contributed by atoms with Crippen molar-refractivity contribution in [3.05, 3.63) is 36.2 Å². The second kappa shape index (κ2) is 5.68. The fraction of sp³-hybridized carbons (Fsp3) is 0.500. The Morgan fingerprint density at radius 1 is 1.20 bits per heavy atom. The number of ether oxygens (including phenoxy) is 1. The second-order valence-corrected chi connectivity index (χ2v) is 5.34. The first-order valence-corrected chi connectivity index (χ1v) is 6.93. The average Bonchev–Trinajstić information content (AvgIpc) is 2.97. The number of rotatable bonds is 4. The molecule has 1 aliphatic rings. The monoisotopic (exact) mass is 273 g/mol. The third-order valence-corrected chi connectivity index (χ3v) is 4.05. The van der Waals surface area contributed by atoms with Gasteiger partial charge in [0, 0.05) is 19.6 Å². The van der Waals surface area contributed by atoms with E-state index in [-0.39, 0.29) is 5.41 Å². The van der Waals surface area contributed by atoms with E-state index in [1.807, 2.05) is 30.3 Å². The molecule has 6 heteroatoms. The fourth-order valence-electron chi connectivity index (χ4n) is 2.68. The lowest BCUT2D eigenvalue weighted by Crippen LogP contribution is -2.39. The maximum atomic E-state index is 6.01. The summed E-state index contributed by atoms with van der Waals surface area (Å²) in [5, 5.41) is 12.1. The van der Waals surface area contributed by atoms with E-state index in [9.17, 15) is 0 Å². The van der Waals surface area contributed by atoms with Crippen LogP contribution in [0, 0.1) is 5.41 Å². The molecule has 0 spiro atoms. The van der Waals surface area contributed by atoms with Crippen LogP contribution in [-0.2, 0) is 11.2 Å². The van der Waals surface area contributed by atoms with Crippen molar-refractivity contribution < 1.29 is 4.74 Å². The minimum absolute atomic E-state index is 0.0551. The number of nitrogens with zero attached hydrogens (tertiary/aromatic N) is 4. The number of para-hydroxylation sites is 1. The van der Waals surface area contributed by atoms with Crippen LogP contribution in [0.25, 0.3) is 5.69 Å². The van der Waals surface area contributed by atoms with Gasteiger partial charge in [0.25, 0.3) is 0 Å². The molecule has 0 atom stereocenters.